The number of hydrogen-bond donors (Lipinski definition) is 0. The van der Waals surface area contributed by atoms with E-state index < -0.39 is 22.5 Å². The Hall–Kier alpha value is -3.13. The van der Waals surface area contributed by atoms with Crippen LogP contribution in [-0.2, 0) is 9.47 Å². The second kappa shape index (κ2) is 8.82. The van der Waals surface area contributed by atoms with E-state index >= 15 is 0 Å². The number of benzene rings is 2. The third kappa shape index (κ3) is 4.93. The van der Waals surface area contributed by atoms with E-state index in [0.29, 0.717) is 10.8 Å². The molecule has 0 radical (unpaired) electrons. The largest absolute Gasteiger partial charge is 0.488 e. The zero-order valence-electron chi connectivity index (χ0n) is 13.6. The number of nitro groups is 1. The summed E-state index contributed by atoms with van der Waals surface area (Å²) in [6.45, 7) is -0.0748. The Kier molecular flexibility index (Phi) is 6.51. The summed E-state index contributed by atoms with van der Waals surface area (Å²) in [4.78, 5) is 33.9. The number of hydrogen-bond acceptors (Lipinski definition) is 7. The second-order valence-electron chi connectivity index (χ2n) is 4.93. The van der Waals surface area contributed by atoms with Gasteiger partial charge in [-0.15, -0.1) is 0 Å². The molecule has 0 atom stereocenters. The summed E-state index contributed by atoms with van der Waals surface area (Å²) in [6.07, 6.45) is 0. The lowest BCUT2D eigenvalue weighted by molar-refractivity contribution is -0.384. The average molecular weight is 380 g/mol. The van der Waals surface area contributed by atoms with Gasteiger partial charge in [0.25, 0.3) is 5.69 Å². The zero-order valence-corrected chi connectivity index (χ0v) is 14.4. The monoisotopic (exact) mass is 379 g/mol. The van der Waals surface area contributed by atoms with Crippen molar-refractivity contribution in [3.63, 3.8) is 0 Å². The molecule has 0 fully saturated rings. The summed E-state index contributed by atoms with van der Waals surface area (Å²) in [7, 11) is 1.13. The highest BCUT2D eigenvalue weighted by Gasteiger charge is 2.19. The Morgan fingerprint density at radius 2 is 1.73 bits per heavy atom. The van der Waals surface area contributed by atoms with Crippen LogP contribution < -0.4 is 4.74 Å². The summed E-state index contributed by atoms with van der Waals surface area (Å²) >= 11 is 5.93. The number of esters is 2. The average Bonchev–Trinajstić information content (AvgIpc) is 2.65. The van der Waals surface area contributed by atoms with E-state index in [1.165, 1.54) is 0 Å². The fraction of sp³-hybridized carbons (Fsp3) is 0.176. The van der Waals surface area contributed by atoms with Gasteiger partial charge in [0.15, 0.2) is 0 Å². The Morgan fingerprint density at radius 1 is 1.08 bits per heavy atom. The van der Waals surface area contributed by atoms with Crippen molar-refractivity contribution >= 4 is 29.2 Å². The summed E-state index contributed by atoms with van der Waals surface area (Å²) in [5, 5.41) is 11.4. The lowest BCUT2D eigenvalue weighted by Gasteiger charge is -2.09. The minimum absolute atomic E-state index is 0.0360. The van der Waals surface area contributed by atoms with Crippen LogP contribution in [0, 0.1) is 10.1 Å². The predicted octanol–water partition coefficient (Wildman–Crippen LogP) is 3.27. The van der Waals surface area contributed by atoms with E-state index in [2.05, 4.69) is 4.74 Å². The van der Waals surface area contributed by atoms with Crippen molar-refractivity contribution < 1.29 is 28.7 Å². The van der Waals surface area contributed by atoms with Crippen molar-refractivity contribution in [3.8, 4) is 5.75 Å². The second-order valence-corrected chi connectivity index (χ2v) is 5.34. The Balaban J connectivity index is 2.02. The molecule has 2 aromatic carbocycles. The van der Waals surface area contributed by atoms with E-state index in [0.717, 1.165) is 25.3 Å². The quantitative estimate of drug-likeness (QED) is 0.314. The number of rotatable bonds is 7. The van der Waals surface area contributed by atoms with Crippen LogP contribution in [0.2, 0.25) is 5.02 Å². The standard InChI is InChI=1S/C17H14ClNO7/c1-24-16(20)11-8-12(10-13(9-11)19(22)23)17(21)26-7-6-25-15-5-3-2-4-14(15)18/h2-5,8-10H,6-7H2,1H3. The molecule has 0 saturated heterocycles. The molecule has 0 aliphatic rings. The van der Waals surface area contributed by atoms with Crippen LogP contribution in [0.5, 0.6) is 5.75 Å². The highest BCUT2D eigenvalue weighted by Crippen LogP contribution is 2.23. The van der Waals surface area contributed by atoms with E-state index in [9.17, 15) is 19.7 Å². The molecule has 26 heavy (non-hydrogen) atoms. The van der Waals surface area contributed by atoms with Crippen LogP contribution in [0.1, 0.15) is 20.7 Å². The number of ether oxygens (including phenoxy) is 3. The number of carbonyl (C=O) groups is 2. The van der Waals surface area contributed by atoms with Crippen molar-refractivity contribution in [2.45, 2.75) is 0 Å². The SMILES string of the molecule is COC(=O)c1cc(C(=O)OCCOc2ccccc2Cl)cc([N+](=O)[O-])c1. The Bertz CT molecular complexity index is 838. The van der Waals surface area contributed by atoms with Gasteiger partial charge in [0.1, 0.15) is 19.0 Å². The molecule has 8 nitrogen and oxygen atoms in total. The first-order valence-electron chi connectivity index (χ1n) is 7.34. The third-order valence-electron chi connectivity index (χ3n) is 3.20. The predicted molar refractivity (Wildman–Crippen MR) is 91.7 cm³/mol. The van der Waals surface area contributed by atoms with Crippen LogP contribution in [0.3, 0.4) is 0 Å². The van der Waals surface area contributed by atoms with Crippen LogP contribution in [-0.4, -0.2) is 37.2 Å². The molecule has 0 bridgehead atoms. The van der Waals surface area contributed by atoms with Crippen molar-refractivity contribution in [2.75, 3.05) is 20.3 Å². The van der Waals surface area contributed by atoms with Crippen molar-refractivity contribution in [1.82, 2.24) is 0 Å². The van der Waals surface area contributed by atoms with Crippen LogP contribution in [0.25, 0.3) is 0 Å². The van der Waals surface area contributed by atoms with Crippen LogP contribution >= 0.6 is 11.6 Å². The molecule has 2 aromatic rings. The summed E-state index contributed by atoms with van der Waals surface area (Å²) in [5.74, 6) is -1.19. The molecule has 0 N–H and O–H groups in total. The van der Waals surface area contributed by atoms with Gasteiger partial charge < -0.3 is 14.2 Å². The van der Waals surface area contributed by atoms with E-state index in [4.69, 9.17) is 21.1 Å². The zero-order chi connectivity index (χ0) is 19.1. The van der Waals surface area contributed by atoms with Gasteiger partial charge in [0.2, 0.25) is 0 Å². The molecular formula is C17H14ClNO7. The highest BCUT2D eigenvalue weighted by molar-refractivity contribution is 6.32. The van der Waals surface area contributed by atoms with E-state index in [-0.39, 0.29) is 24.3 Å². The van der Waals surface area contributed by atoms with E-state index in [1.807, 2.05) is 0 Å². The number of halogens is 1. The molecule has 0 amide bonds. The Morgan fingerprint density at radius 3 is 2.35 bits per heavy atom. The van der Waals surface area contributed by atoms with Crippen molar-refractivity contribution in [1.29, 1.82) is 0 Å². The first-order valence-corrected chi connectivity index (χ1v) is 7.72. The molecule has 0 aliphatic heterocycles. The molecule has 0 heterocycles. The van der Waals surface area contributed by atoms with Gasteiger partial charge in [-0.3, -0.25) is 10.1 Å². The molecule has 0 spiro atoms. The van der Waals surface area contributed by atoms with Crippen LogP contribution in [0.15, 0.2) is 42.5 Å². The first kappa shape index (κ1) is 19.2. The normalized spacial score (nSPS) is 10.1. The lowest BCUT2D eigenvalue weighted by atomic mass is 10.1. The maximum atomic E-state index is 12.1. The maximum absolute atomic E-state index is 12.1. The minimum atomic E-state index is -0.832. The maximum Gasteiger partial charge on any atom is 0.338 e. The van der Waals surface area contributed by atoms with Gasteiger partial charge in [0.05, 0.1) is 28.2 Å². The molecular weight excluding hydrogens is 366 g/mol. The first-order chi connectivity index (χ1) is 12.4. The van der Waals surface area contributed by atoms with E-state index in [1.54, 1.807) is 24.3 Å². The number of carbonyl (C=O) groups excluding carboxylic acids is 2. The molecule has 2 rings (SSSR count). The molecule has 136 valence electrons. The molecule has 0 unspecified atom stereocenters. The minimum Gasteiger partial charge on any atom is -0.488 e. The Labute approximate surface area is 153 Å². The number of nitrogens with zero attached hydrogens (tertiary/aromatic N) is 1. The molecule has 0 aromatic heterocycles. The van der Waals surface area contributed by atoms with Gasteiger partial charge in [-0.05, 0) is 18.2 Å². The number of para-hydroxylation sites is 1. The summed E-state index contributed by atoms with van der Waals surface area (Å²) < 4.78 is 14.9. The summed E-state index contributed by atoms with van der Waals surface area (Å²) in [6, 6.07) is 10.00. The molecule has 0 aliphatic carbocycles. The fourth-order valence-electron chi connectivity index (χ4n) is 2.00. The number of methoxy groups -OCH3 is 1. The van der Waals surface area contributed by atoms with Crippen molar-refractivity contribution in [3.05, 3.63) is 68.7 Å². The van der Waals surface area contributed by atoms with Gasteiger partial charge in [0, 0.05) is 12.1 Å². The smallest absolute Gasteiger partial charge is 0.338 e. The van der Waals surface area contributed by atoms with Gasteiger partial charge in [-0.2, -0.15) is 0 Å². The topological polar surface area (TPSA) is 105 Å². The fourth-order valence-corrected chi connectivity index (χ4v) is 2.19. The van der Waals surface area contributed by atoms with Crippen molar-refractivity contribution in [2.24, 2.45) is 0 Å². The number of nitro benzene ring substituents is 1. The number of non-ortho nitro benzene ring substituents is 1. The van der Waals surface area contributed by atoms with Gasteiger partial charge in [-0.1, -0.05) is 23.7 Å². The summed E-state index contributed by atoms with van der Waals surface area (Å²) in [5.41, 5.74) is -0.689. The highest BCUT2D eigenvalue weighted by atomic mass is 35.5. The van der Waals surface area contributed by atoms with Gasteiger partial charge >= 0.3 is 11.9 Å². The molecule has 9 heteroatoms. The third-order valence-corrected chi connectivity index (χ3v) is 3.51. The van der Waals surface area contributed by atoms with Gasteiger partial charge in [-0.25, -0.2) is 9.59 Å². The van der Waals surface area contributed by atoms with Crippen LogP contribution in [0.4, 0.5) is 5.69 Å². The molecule has 0 saturated carbocycles. The lowest BCUT2D eigenvalue weighted by Crippen LogP contribution is -2.14.